The molecule has 0 aliphatic rings. The van der Waals surface area contributed by atoms with Crippen molar-refractivity contribution in [3.05, 3.63) is 39.7 Å². The van der Waals surface area contributed by atoms with Crippen molar-refractivity contribution in [3.63, 3.8) is 0 Å². The highest BCUT2D eigenvalue weighted by atomic mass is 79.9. The van der Waals surface area contributed by atoms with E-state index >= 15 is 0 Å². The summed E-state index contributed by atoms with van der Waals surface area (Å²) in [5.74, 6) is 0.738. The Kier molecular flexibility index (Phi) is 2.56. The smallest absolute Gasteiger partial charge is 0.167 e. The van der Waals surface area contributed by atoms with Crippen molar-refractivity contribution in [2.24, 2.45) is 0 Å². The van der Waals surface area contributed by atoms with E-state index < -0.39 is 0 Å². The number of halogens is 2. The minimum absolute atomic E-state index is 0.597. The second kappa shape index (κ2) is 3.71. The van der Waals surface area contributed by atoms with Crippen molar-refractivity contribution in [1.29, 1.82) is 0 Å². The molecule has 0 bridgehead atoms. The van der Waals surface area contributed by atoms with E-state index in [4.69, 9.17) is 11.6 Å². The third-order valence-electron chi connectivity index (χ3n) is 1.73. The molecule has 0 amide bonds. The lowest BCUT2D eigenvalue weighted by Crippen LogP contribution is -1.99. The molecule has 0 unspecified atom stereocenters. The quantitative estimate of drug-likeness (QED) is 0.799. The number of aromatic nitrogens is 3. The second-order valence-electron chi connectivity index (χ2n) is 2.92. The maximum absolute atomic E-state index is 5.77. The van der Waals surface area contributed by atoms with Crippen molar-refractivity contribution in [1.82, 2.24) is 14.8 Å². The molecule has 0 spiro atoms. The first kappa shape index (κ1) is 9.68. The van der Waals surface area contributed by atoms with Crippen LogP contribution in [0, 0.1) is 6.92 Å². The van der Waals surface area contributed by atoms with Gasteiger partial charge in [-0.05, 0) is 34.5 Å². The Morgan fingerprint density at radius 2 is 2.21 bits per heavy atom. The molecule has 0 aliphatic heterocycles. The number of hydrogen-bond donors (Lipinski definition) is 0. The van der Waals surface area contributed by atoms with Crippen LogP contribution in [0.4, 0.5) is 0 Å². The molecular weight excluding hydrogens is 265 g/mol. The van der Waals surface area contributed by atoms with Gasteiger partial charge in [-0.2, -0.15) is 5.10 Å². The minimum atomic E-state index is 0.597. The molecular formula is C9H7BrClN3. The summed E-state index contributed by atoms with van der Waals surface area (Å²) in [4.78, 5) is 4.26. The Morgan fingerprint density at radius 3 is 2.79 bits per heavy atom. The van der Waals surface area contributed by atoms with E-state index in [-0.39, 0.29) is 0 Å². The molecule has 0 saturated heterocycles. The van der Waals surface area contributed by atoms with Gasteiger partial charge in [0.05, 0.1) is 21.9 Å². The lowest BCUT2D eigenvalue weighted by atomic mass is 10.3. The van der Waals surface area contributed by atoms with Crippen LogP contribution in [0.1, 0.15) is 5.56 Å². The number of nitrogens with zero attached hydrogens (tertiary/aromatic N) is 3. The predicted octanol–water partition coefficient (Wildman–Crippen LogP) is 2.99. The summed E-state index contributed by atoms with van der Waals surface area (Å²) in [5.41, 5.74) is 1.10. The van der Waals surface area contributed by atoms with Crippen LogP contribution in [0.25, 0.3) is 5.82 Å². The Labute approximate surface area is 94.9 Å². The summed E-state index contributed by atoms with van der Waals surface area (Å²) in [6.07, 6.45) is 5.08. The van der Waals surface area contributed by atoms with E-state index in [2.05, 4.69) is 26.0 Å². The van der Waals surface area contributed by atoms with Crippen molar-refractivity contribution >= 4 is 27.5 Å². The standard InChI is InChI=1S/C9H7BrClN3/c1-6-2-8(10)9(12-3-6)14-5-7(11)4-13-14/h2-5H,1H3. The zero-order chi connectivity index (χ0) is 10.1. The van der Waals surface area contributed by atoms with Gasteiger partial charge in [-0.3, -0.25) is 0 Å². The van der Waals surface area contributed by atoms with Gasteiger partial charge in [0.2, 0.25) is 0 Å². The van der Waals surface area contributed by atoms with E-state index in [0.717, 1.165) is 15.9 Å². The maximum Gasteiger partial charge on any atom is 0.167 e. The van der Waals surface area contributed by atoms with Crippen LogP contribution in [0.5, 0.6) is 0 Å². The predicted molar refractivity (Wildman–Crippen MR) is 58.8 cm³/mol. The number of pyridine rings is 1. The highest BCUT2D eigenvalue weighted by Gasteiger charge is 2.05. The van der Waals surface area contributed by atoms with Crippen LogP contribution < -0.4 is 0 Å². The van der Waals surface area contributed by atoms with E-state index in [1.165, 1.54) is 0 Å². The van der Waals surface area contributed by atoms with Crippen molar-refractivity contribution in [3.8, 4) is 5.82 Å². The van der Waals surface area contributed by atoms with Gasteiger partial charge in [-0.25, -0.2) is 9.67 Å². The first-order valence-corrected chi connectivity index (χ1v) is 5.16. The molecule has 14 heavy (non-hydrogen) atoms. The van der Waals surface area contributed by atoms with E-state index in [1.54, 1.807) is 23.3 Å². The van der Waals surface area contributed by atoms with Gasteiger partial charge in [0.15, 0.2) is 5.82 Å². The number of rotatable bonds is 1. The largest absolute Gasteiger partial charge is 0.236 e. The van der Waals surface area contributed by atoms with Gasteiger partial charge in [-0.1, -0.05) is 11.6 Å². The Balaban J connectivity index is 2.52. The van der Waals surface area contributed by atoms with Crippen LogP contribution in [-0.4, -0.2) is 14.8 Å². The van der Waals surface area contributed by atoms with E-state index in [9.17, 15) is 0 Å². The Bertz CT molecular complexity index is 467. The molecule has 2 heterocycles. The summed E-state index contributed by atoms with van der Waals surface area (Å²) >= 11 is 9.19. The lowest BCUT2D eigenvalue weighted by Gasteiger charge is -2.03. The fourth-order valence-corrected chi connectivity index (χ4v) is 1.89. The van der Waals surface area contributed by atoms with Crippen LogP contribution >= 0.6 is 27.5 Å². The average molecular weight is 273 g/mol. The topological polar surface area (TPSA) is 30.7 Å². The maximum atomic E-state index is 5.77. The van der Waals surface area contributed by atoms with Crippen LogP contribution in [0.15, 0.2) is 29.1 Å². The monoisotopic (exact) mass is 271 g/mol. The highest BCUT2D eigenvalue weighted by molar-refractivity contribution is 9.10. The van der Waals surface area contributed by atoms with E-state index in [0.29, 0.717) is 5.02 Å². The Morgan fingerprint density at radius 1 is 1.43 bits per heavy atom. The normalized spacial score (nSPS) is 10.5. The third kappa shape index (κ3) is 1.81. The molecule has 0 saturated carbocycles. The van der Waals surface area contributed by atoms with Gasteiger partial charge in [0.25, 0.3) is 0 Å². The SMILES string of the molecule is Cc1cnc(-n2cc(Cl)cn2)c(Br)c1. The van der Waals surface area contributed by atoms with Crippen LogP contribution in [0.3, 0.4) is 0 Å². The van der Waals surface area contributed by atoms with Gasteiger partial charge >= 0.3 is 0 Å². The number of aryl methyl sites for hydroxylation is 1. The summed E-state index contributed by atoms with van der Waals surface area (Å²) in [5, 5.41) is 4.67. The minimum Gasteiger partial charge on any atom is -0.236 e. The third-order valence-corrected chi connectivity index (χ3v) is 2.51. The molecule has 0 atom stereocenters. The van der Waals surface area contributed by atoms with Crippen molar-refractivity contribution in [2.75, 3.05) is 0 Å². The summed E-state index contributed by atoms with van der Waals surface area (Å²) in [6, 6.07) is 1.98. The van der Waals surface area contributed by atoms with Gasteiger partial charge in [-0.15, -0.1) is 0 Å². The molecule has 0 radical (unpaired) electrons. The number of hydrogen-bond acceptors (Lipinski definition) is 2. The molecule has 0 fully saturated rings. The summed E-state index contributed by atoms with van der Waals surface area (Å²) in [7, 11) is 0. The van der Waals surface area contributed by atoms with Gasteiger partial charge in [0.1, 0.15) is 0 Å². The average Bonchev–Trinajstić information content (AvgIpc) is 2.51. The van der Waals surface area contributed by atoms with Crippen molar-refractivity contribution < 1.29 is 0 Å². The molecule has 0 aliphatic carbocycles. The fraction of sp³-hybridized carbons (Fsp3) is 0.111. The molecule has 2 rings (SSSR count). The molecule has 72 valence electrons. The first-order valence-electron chi connectivity index (χ1n) is 3.99. The Hall–Kier alpha value is -0.870. The summed E-state index contributed by atoms with van der Waals surface area (Å²) in [6.45, 7) is 1.98. The van der Waals surface area contributed by atoms with Gasteiger partial charge < -0.3 is 0 Å². The van der Waals surface area contributed by atoms with E-state index in [1.807, 2.05) is 13.0 Å². The van der Waals surface area contributed by atoms with Crippen molar-refractivity contribution in [2.45, 2.75) is 6.92 Å². The second-order valence-corrected chi connectivity index (χ2v) is 4.21. The summed E-state index contributed by atoms with van der Waals surface area (Å²) < 4.78 is 2.53. The zero-order valence-corrected chi connectivity index (χ0v) is 9.75. The molecule has 2 aromatic rings. The molecule has 0 N–H and O–H groups in total. The highest BCUT2D eigenvalue weighted by Crippen LogP contribution is 2.20. The molecule has 2 aromatic heterocycles. The molecule has 0 aromatic carbocycles. The van der Waals surface area contributed by atoms with Crippen LogP contribution in [0.2, 0.25) is 5.02 Å². The molecule has 3 nitrogen and oxygen atoms in total. The molecule has 5 heteroatoms. The van der Waals surface area contributed by atoms with Crippen LogP contribution in [-0.2, 0) is 0 Å². The lowest BCUT2D eigenvalue weighted by molar-refractivity contribution is 0.840. The zero-order valence-electron chi connectivity index (χ0n) is 7.41. The van der Waals surface area contributed by atoms with Gasteiger partial charge in [0, 0.05) is 6.20 Å². The first-order chi connectivity index (χ1) is 6.66. The fourth-order valence-electron chi connectivity index (χ4n) is 1.11.